The zero-order valence-corrected chi connectivity index (χ0v) is 66.3. The van der Waals surface area contributed by atoms with Crippen molar-refractivity contribution in [1.29, 1.82) is 0 Å². The number of aliphatic imine (C=N–C) groups is 1. The molecule has 39 nitrogen and oxygen atoms in total. The Morgan fingerprint density at radius 1 is 0.635 bits per heavy atom. The van der Waals surface area contributed by atoms with Crippen LogP contribution in [-0.4, -0.2) is 237 Å². The number of aliphatic carboxylic acids is 1. The second kappa shape index (κ2) is 48.9. The lowest BCUT2D eigenvalue weighted by Crippen LogP contribution is -2.64. The smallest absolute Gasteiger partial charge is 0.475 e. The number of amides is 13. The highest BCUT2D eigenvalue weighted by Crippen LogP contribution is 2.25. The number of ether oxygens (including phenoxy) is 3. The zero-order chi connectivity index (χ0) is 87.4. The number of carboxylic acid groups (broad SMARTS) is 1. The molecule has 3 rings (SSSR count). The first-order valence-electron chi connectivity index (χ1n) is 37.1. The van der Waals surface area contributed by atoms with Gasteiger partial charge in [0.05, 0.1) is 25.4 Å². The number of carboxylic acids is 1. The fourth-order valence-electron chi connectivity index (χ4n) is 10.8. The van der Waals surface area contributed by atoms with Gasteiger partial charge in [-0.15, -0.1) is 0 Å². The Bertz CT molecular complexity index is 3610. The largest absolute Gasteiger partial charge is 0.490 e. The normalized spacial score (nSPS) is 21.8. The maximum Gasteiger partial charge on any atom is 0.490 e. The van der Waals surface area contributed by atoms with Gasteiger partial charge in [0.1, 0.15) is 66.6 Å². The molecule has 0 saturated carbocycles. The molecular formula is C73H113F3N16O23. The highest BCUT2D eigenvalue weighted by atomic mass is 19.4. The fraction of sp³-hybridized carbons (Fsp3) is 0.616. The maximum atomic E-state index is 15.7. The van der Waals surface area contributed by atoms with Crippen molar-refractivity contribution in [3.05, 3.63) is 71.8 Å². The third kappa shape index (κ3) is 36.8. The van der Waals surface area contributed by atoms with Crippen molar-refractivity contribution >= 4 is 95.1 Å². The van der Waals surface area contributed by atoms with Crippen LogP contribution in [0.3, 0.4) is 0 Å². The van der Waals surface area contributed by atoms with Crippen molar-refractivity contribution in [3.63, 3.8) is 0 Å². The summed E-state index contributed by atoms with van der Waals surface area (Å²) in [7, 11) is 0. The van der Waals surface area contributed by atoms with Gasteiger partial charge in [-0.05, 0) is 107 Å². The molecule has 115 heavy (non-hydrogen) atoms. The van der Waals surface area contributed by atoms with Crippen molar-refractivity contribution in [1.82, 2.24) is 63.8 Å². The molecule has 2 aromatic carbocycles. The summed E-state index contributed by atoms with van der Waals surface area (Å²) in [6.07, 6.45) is -15.3. The maximum absolute atomic E-state index is 15.7. The molecule has 1 fully saturated rings. The Morgan fingerprint density at radius 2 is 1.18 bits per heavy atom. The number of guanidine groups is 1. The van der Waals surface area contributed by atoms with Gasteiger partial charge in [-0.25, -0.2) is 19.2 Å². The lowest BCUT2D eigenvalue weighted by molar-refractivity contribution is -0.192. The number of hydrogen-bond donors (Lipinski definition) is 20. The standard InChI is InChI=1S/C71H112N16O21.C2HF3O2/c1-13-39(8)49-63(99)85-50(40(9)89)62(98)77-33-48(90)83-52(55(92)57(72)93)65(101)81-47(34-88)67(103)107-56(42-25-18-15-19-26-42)53(66(102)86-51(54(91)38(6)7)64(100)80-45(31-36(2)3)60(96)78-43(59(95)84-49)28-22-30-75-68(73)74)87-61(97)46(32-37(4)5)79-58(94)44(82-70(105)108-71(10,11)12)27-20-21-29-76-69(104)106-35-41-23-16-14-17-24-41;3-2(4,5)1(6)7/h14-19,23-26,36-40,43-47,49-56,88-89,91-92H,13,20-22,27-35H2,1-12H3,(H2,72,93)(H,76,104)(H,77,98)(H,78,96)(H,79,94)(H,80,100)(H,81,101)(H,82,105)(H,83,90)(H,84,95)(H,85,99)(H,86,102)(H,87,97)(H4,73,74,75);(H,6,7)/t39-,40-,43+,44+,45-,46-,47-,49?,50?,51-,52-,53-,54+,55-,56+;/m0./s1. The number of nitrogens with zero attached hydrogens (tertiary/aromatic N) is 1. The molecule has 0 bridgehead atoms. The molecule has 42 heteroatoms. The number of hydrogen-bond acceptors (Lipinski definition) is 23. The van der Waals surface area contributed by atoms with E-state index in [1.165, 1.54) is 44.2 Å². The van der Waals surface area contributed by atoms with Crippen molar-refractivity contribution in [2.45, 2.75) is 238 Å². The van der Waals surface area contributed by atoms with Crippen LogP contribution in [0.25, 0.3) is 0 Å². The average Bonchev–Trinajstić information content (AvgIpc) is 0.808. The molecule has 1 saturated heterocycles. The van der Waals surface area contributed by atoms with E-state index in [2.05, 4.69) is 58.2 Å². The Kier molecular flexibility index (Phi) is 42.6. The molecule has 15 atom stereocenters. The van der Waals surface area contributed by atoms with Crippen LogP contribution in [0.15, 0.2) is 65.7 Å². The second-order valence-electron chi connectivity index (χ2n) is 29.3. The van der Waals surface area contributed by atoms with Gasteiger partial charge in [0.25, 0.3) is 0 Å². The van der Waals surface area contributed by atoms with E-state index in [0.29, 0.717) is 0 Å². The molecule has 2 unspecified atom stereocenters. The number of aliphatic hydroxyl groups excluding tert-OH is 4. The van der Waals surface area contributed by atoms with Crippen LogP contribution < -0.4 is 81.0 Å². The second-order valence-corrected chi connectivity index (χ2v) is 29.3. The number of benzene rings is 2. The number of primary amides is 1. The van der Waals surface area contributed by atoms with Crippen LogP contribution >= 0.6 is 0 Å². The number of carbonyl (C=O) groups is 15. The number of esters is 1. The fourth-order valence-corrected chi connectivity index (χ4v) is 10.8. The van der Waals surface area contributed by atoms with Gasteiger partial charge in [0.15, 0.2) is 24.2 Å². The Labute approximate surface area is 662 Å². The summed E-state index contributed by atoms with van der Waals surface area (Å²) in [4.78, 5) is 212. The predicted octanol–water partition coefficient (Wildman–Crippen LogP) is -2.18. The minimum absolute atomic E-state index is 0.00919. The summed E-state index contributed by atoms with van der Waals surface area (Å²) in [5, 5.41) is 80.9. The quantitative estimate of drug-likeness (QED) is 0.0135. The molecule has 1 aliphatic heterocycles. The summed E-state index contributed by atoms with van der Waals surface area (Å²) in [6.45, 7) is 16.1. The first-order chi connectivity index (χ1) is 53.6. The van der Waals surface area contributed by atoms with Gasteiger partial charge >= 0.3 is 30.3 Å². The highest BCUT2D eigenvalue weighted by molar-refractivity contribution is 6.00. The number of alkyl carbamates (subject to hydrolysis) is 2. The van der Waals surface area contributed by atoms with Gasteiger partial charge in [-0.2, -0.15) is 13.2 Å². The lowest BCUT2D eigenvalue weighted by Gasteiger charge is -2.34. The van der Waals surface area contributed by atoms with Gasteiger partial charge in [0, 0.05) is 13.1 Å². The minimum atomic E-state index is -5.08. The van der Waals surface area contributed by atoms with Crippen LogP contribution in [0.5, 0.6) is 0 Å². The number of aliphatic hydroxyl groups is 4. The van der Waals surface area contributed by atoms with Gasteiger partial charge in [-0.1, -0.05) is 122 Å². The van der Waals surface area contributed by atoms with Gasteiger partial charge < -0.3 is 121 Å². The number of alkyl halides is 3. The van der Waals surface area contributed by atoms with E-state index < -0.39 is 223 Å². The molecule has 13 amide bonds. The van der Waals surface area contributed by atoms with Gasteiger partial charge in [0.2, 0.25) is 65.0 Å². The number of nitrogens with one attached hydrogen (secondary N) is 12. The van der Waals surface area contributed by atoms with Crippen molar-refractivity contribution in [2.24, 2.45) is 45.9 Å². The molecule has 0 aliphatic carbocycles. The van der Waals surface area contributed by atoms with Crippen LogP contribution in [-0.2, 0) is 83.1 Å². The highest BCUT2D eigenvalue weighted by Gasteiger charge is 2.45. The number of cyclic esters (lactones) is 1. The van der Waals surface area contributed by atoms with Crippen LogP contribution in [0.1, 0.15) is 152 Å². The minimum Gasteiger partial charge on any atom is -0.475 e. The molecule has 1 aliphatic rings. The SMILES string of the molecule is CC[C@H](C)C1NC(=O)[C@@H](CCCN=C(N)N)NC(=O)[C@H](CC(C)C)NC(=O)[C@H]([C@H](O)C(C)C)NC(=O)[C@@H](NC(=O)[C@H](CC(C)C)NC(=O)[C@@H](CCCCNC(=O)OCc2ccccc2)NC(=O)OC(C)(C)C)[C@@H](c2ccccc2)OC(=O)[C@H](CO)NC(=O)[C@H]([C@H](O)C(N)=O)NC(=O)CNC(=O)C([C@H](C)O)NC1=O.O=C(O)C(F)(F)F. The number of halogens is 3. The first-order valence-corrected chi connectivity index (χ1v) is 37.1. The number of rotatable bonds is 29. The topological polar surface area (TPSA) is 620 Å². The van der Waals surface area contributed by atoms with E-state index in [9.17, 15) is 86.3 Å². The summed E-state index contributed by atoms with van der Waals surface area (Å²) in [5.41, 5.74) is 16.1. The van der Waals surface area contributed by atoms with E-state index in [1.54, 1.807) is 92.6 Å². The first kappa shape index (κ1) is 100. The number of carbonyl (C=O) groups excluding carboxylic acids is 14. The van der Waals surface area contributed by atoms with Crippen molar-refractivity contribution in [2.75, 3.05) is 26.2 Å². The van der Waals surface area contributed by atoms with E-state index in [1.807, 2.05) is 10.6 Å². The summed E-state index contributed by atoms with van der Waals surface area (Å²) >= 11 is 0. The molecule has 0 spiro atoms. The van der Waals surface area contributed by atoms with E-state index >= 15 is 14.4 Å². The molecule has 0 aromatic heterocycles. The summed E-state index contributed by atoms with van der Waals surface area (Å²) in [6, 6.07) is -3.05. The molecule has 1 heterocycles. The molecule has 644 valence electrons. The number of nitrogens with two attached hydrogens (primary N) is 3. The van der Waals surface area contributed by atoms with E-state index in [4.69, 9.17) is 41.3 Å². The Morgan fingerprint density at radius 3 is 1.71 bits per heavy atom. The van der Waals surface area contributed by atoms with E-state index in [-0.39, 0.29) is 82.6 Å². The zero-order valence-electron chi connectivity index (χ0n) is 66.3. The monoisotopic (exact) mass is 1640 g/mol. The predicted molar refractivity (Wildman–Crippen MR) is 404 cm³/mol. The summed E-state index contributed by atoms with van der Waals surface area (Å²) in [5.74, 6) is -21.0. The third-order valence-corrected chi connectivity index (χ3v) is 17.0. The Balaban J connectivity index is 0.00000610. The number of unbranched alkanes of at least 4 members (excludes halogenated alkanes) is 1. The molecule has 0 radical (unpaired) electrons. The Hall–Kier alpha value is -11.0. The van der Waals surface area contributed by atoms with Gasteiger partial charge in [-0.3, -0.25) is 57.7 Å². The third-order valence-electron chi connectivity index (χ3n) is 17.0. The summed E-state index contributed by atoms with van der Waals surface area (Å²) < 4.78 is 48.5. The van der Waals surface area contributed by atoms with Crippen LogP contribution in [0.4, 0.5) is 22.8 Å². The molecular weight excluding hydrogens is 1530 g/mol. The van der Waals surface area contributed by atoms with Crippen molar-refractivity contribution in [3.8, 4) is 0 Å². The van der Waals surface area contributed by atoms with Crippen molar-refractivity contribution < 1.29 is 125 Å². The lowest BCUT2D eigenvalue weighted by atomic mass is 9.95. The molecule has 2 aromatic rings. The van der Waals surface area contributed by atoms with Crippen LogP contribution in [0.2, 0.25) is 0 Å². The van der Waals surface area contributed by atoms with Crippen LogP contribution in [0, 0.1) is 23.7 Å². The average molecular weight is 1640 g/mol. The molecule has 23 N–H and O–H groups in total. The van der Waals surface area contributed by atoms with E-state index in [0.717, 1.165) is 12.5 Å².